The van der Waals surface area contributed by atoms with Crippen LogP contribution in [-0.4, -0.2) is 44.1 Å². The second-order valence-electron chi connectivity index (χ2n) is 4.58. The first-order valence-electron chi connectivity index (χ1n) is 6.10. The third-order valence-corrected chi connectivity index (χ3v) is 3.92. The first-order chi connectivity index (χ1) is 8.15. The predicted molar refractivity (Wildman–Crippen MR) is 78.9 cm³/mol. The van der Waals surface area contributed by atoms with Crippen LogP contribution in [0.3, 0.4) is 0 Å². The van der Waals surface area contributed by atoms with E-state index >= 15 is 0 Å². The predicted octanol–water partition coefficient (Wildman–Crippen LogP) is 2.55. The Morgan fingerprint density at radius 2 is 2.00 bits per heavy atom. The standard InChI is InChI=1S/C14H24N2S/c1-12-7-5-6-8-13(12)14(15-2)11-17-10-9-16(3)4/h5-8,14-15H,9-11H2,1-4H3. The normalized spacial score (nSPS) is 13.0. The number of thioether (sulfide) groups is 1. The van der Waals surface area contributed by atoms with E-state index in [1.54, 1.807) is 0 Å². The first-order valence-corrected chi connectivity index (χ1v) is 7.26. The van der Waals surface area contributed by atoms with Crippen molar-refractivity contribution in [2.75, 3.05) is 39.2 Å². The van der Waals surface area contributed by atoms with E-state index in [0.29, 0.717) is 6.04 Å². The molecule has 0 fully saturated rings. The number of hydrogen-bond donors (Lipinski definition) is 1. The Kier molecular flexibility index (Phi) is 6.63. The zero-order chi connectivity index (χ0) is 12.7. The molecule has 1 aromatic rings. The zero-order valence-corrected chi connectivity index (χ0v) is 12.2. The molecule has 0 aliphatic carbocycles. The van der Waals surface area contributed by atoms with Gasteiger partial charge in [-0.25, -0.2) is 0 Å². The Labute approximate surface area is 110 Å². The molecule has 0 spiro atoms. The molecule has 0 radical (unpaired) electrons. The van der Waals surface area contributed by atoms with Gasteiger partial charge in [0.05, 0.1) is 0 Å². The monoisotopic (exact) mass is 252 g/mol. The molecule has 1 N–H and O–H groups in total. The van der Waals surface area contributed by atoms with E-state index in [2.05, 4.69) is 55.5 Å². The molecule has 3 heteroatoms. The molecule has 0 heterocycles. The minimum atomic E-state index is 0.461. The van der Waals surface area contributed by atoms with Crippen molar-refractivity contribution in [3.05, 3.63) is 35.4 Å². The molecule has 1 rings (SSSR count). The second kappa shape index (κ2) is 7.75. The second-order valence-corrected chi connectivity index (χ2v) is 5.73. The first kappa shape index (κ1) is 14.6. The van der Waals surface area contributed by atoms with Crippen molar-refractivity contribution in [2.45, 2.75) is 13.0 Å². The molecule has 17 heavy (non-hydrogen) atoms. The molecule has 1 atom stereocenters. The summed E-state index contributed by atoms with van der Waals surface area (Å²) >= 11 is 2.01. The van der Waals surface area contributed by atoms with Crippen LogP contribution in [0.1, 0.15) is 17.2 Å². The van der Waals surface area contributed by atoms with Gasteiger partial charge in [-0.05, 0) is 39.2 Å². The molecule has 0 aromatic heterocycles. The molecule has 0 bridgehead atoms. The third-order valence-electron chi connectivity index (χ3n) is 2.88. The van der Waals surface area contributed by atoms with Gasteiger partial charge in [-0.3, -0.25) is 0 Å². The molecule has 1 unspecified atom stereocenters. The molecule has 1 aromatic carbocycles. The van der Waals surface area contributed by atoms with E-state index in [1.165, 1.54) is 16.9 Å². The van der Waals surface area contributed by atoms with E-state index in [-0.39, 0.29) is 0 Å². The fourth-order valence-electron chi connectivity index (χ4n) is 1.75. The number of aryl methyl sites for hydroxylation is 1. The van der Waals surface area contributed by atoms with E-state index in [1.807, 2.05) is 18.8 Å². The number of hydrogen-bond acceptors (Lipinski definition) is 3. The maximum atomic E-state index is 3.41. The molecule has 0 aliphatic heterocycles. The van der Waals surface area contributed by atoms with Crippen molar-refractivity contribution in [2.24, 2.45) is 0 Å². The Balaban J connectivity index is 2.46. The lowest BCUT2D eigenvalue weighted by molar-refractivity contribution is 0.437. The van der Waals surface area contributed by atoms with Gasteiger partial charge in [-0.2, -0.15) is 11.8 Å². The van der Waals surface area contributed by atoms with Crippen LogP contribution in [0.25, 0.3) is 0 Å². The highest BCUT2D eigenvalue weighted by Crippen LogP contribution is 2.21. The topological polar surface area (TPSA) is 15.3 Å². The average molecular weight is 252 g/mol. The molecule has 0 saturated heterocycles. The van der Waals surface area contributed by atoms with Crippen molar-refractivity contribution >= 4 is 11.8 Å². The van der Waals surface area contributed by atoms with Gasteiger partial charge in [0, 0.05) is 24.1 Å². The van der Waals surface area contributed by atoms with Crippen LogP contribution < -0.4 is 5.32 Å². The summed E-state index contributed by atoms with van der Waals surface area (Å²) in [7, 11) is 6.29. The van der Waals surface area contributed by atoms with Crippen LogP contribution in [0, 0.1) is 6.92 Å². The summed E-state index contributed by atoms with van der Waals surface area (Å²) in [6, 6.07) is 9.10. The van der Waals surface area contributed by atoms with E-state index in [9.17, 15) is 0 Å². The van der Waals surface area contributed by atoms with E-state index in [4.69, 9.17) is 0 Å². The Bertz CT molecular complexity index is 326. The van der Waals surface area contributed by atoms with Gasteiger partial charge in [0.2, 0.25) is 0 Å². The van der Waals surface area contributed by atoms with Crippen molar-refractivity contribution in [3.63, 3.8) is 0 Å². The van der Waals surface area contributed by atoms with Crippen LogP contribution in [0.5, 0.6) is 0 Å². The number of nitrogens with zero attached hydrogens (tertiary/aromatic N) is 1. The maximum absolute atomic E-state index is 3.41. The van der Waals surface area contributed by atoms with Gasteiger partial charge >= 0.3 is 0 Å². The number of benzene rings is 1. The van der Waals surface area contributed by atoms with Gasteiger partial charge in [-0.1, -0.05) is 24.3 Å². The van der Waals surface area contributed by atoms with Crippen LogP contribution in [0.15, 0.2) is 24.3 Å². The molecular formula is C14H24N2S. The highest BCUT2D eigenvalue weighted by molar-refractivity contribution is 7.99. The van der Waals surface area contributed by atoms with Crippen LogP contribution >= 0.6 is 11.8 Å². The fourth-order valence-corrected chi connectivity index (χ4v) is 3.00. The number of nitrogens with one attached hydrogen (secondary N) is 1. The smallest absolute Gasteiger partial charge is 0.0412 e. The van der Waals surface area contributed by atoms with Crippen molar-refractivity contribution in [1.82, 2.24) is 10.2 Å². The highest BCUT2D eigenvalue weighted by atomic mass is 32.2. The van der Waals surface area contributed by atoms with Crippen molar-refractivity contribution in [1.29, 1.82) is 0 Å². The van der Waals surface area contributed by atoms with Gasteiger partial charge < -0.3 is 10.2 Å². The van der Waals surface area contributed by atoms with Gasteiger partial charge in [-0.15, -0.1) is 0 Å². The minimum absolute atomic E-state index is 0.461. The Morgan fingerprint density at radius 3 is 2.59 bits per heavy atom. The SMILES string of the molecule is CNC(CSCCN(C)C)c1ccccc1C. The zero-order valence-electron chi connectivity index (χ0n) is 11.4. The van der Waals surface area contributed by atoms with Crippen LogP contribution in [-0.2, 0) is 0 Å². The van der Waals surface area contributed by atoms with Crippen molar-refractivity contribution in [3.8, 4) is 0 Å². The van der Waals surface area contributed by atoms with Gasteiger partial charge in [0.25, 0.3) is 0 Å². The largest absolute Gasteiger partial charge is 0.312 e. The van der Waals surface area contributed by atoms with Crippen molar-refractivity contribution < 1.29 is 0 Å². The summed E-state index contributed by atoms with van der Waals surface area (Å²) in [6.07, 6.45) is 0. The lowest BCUT2D eigenvalue weighted by atomic mass is 10.0. The maximum Gasteiger partial charge on any atom is 0.0412 e. The summed E-state index contributed by atoms with van der Waals surface area (Å²) in [5.74, 6) is 2.33. The quantitative estimate of drug-likeness (QED) is 0.751. The van der Waals surface area contributed by atoms with E-state index in [0.717, 1.165) is 12.3 Å². The molecule has 0 amide bonds. The minimum Gasteiger partial charge on any atom is -0.312 e. The van der Waals surface area contributed by atoms with Crippen LogP contribution in [0.2, 0.25) is 0 Å². The molecular weight excluding hydrogens is 228 g/mol. The summed E-state index contributed by atoms with van der Waals surface area (Å²) in [5, 5.41) is 3.41. The molecule has 2 nitrogen and oxygen atoms in total. The van der Waals surface area contributed by atoms with Crippen LogP contribution in [0.4, 0.5) is 0 Å². The number of rotatable bonds is 7. The molecule has 0 saturated carbocycles. The highest BCUT2D eigenvalue weighted by Gasteiger charge is 2.10. The lowest BCUT2D eigenvalue weighted by Crippen LogP contribution is -2.21. The Hall–Kier alpha value is -0.510. The summed E-state index contributed by atoms with van der Waals surface area (Å²) in [5.41, 5.74) is 2.80. The molecule has 0 aliphatic rings. The average Bonchev–Trinajstić information content (AvgIpc) is 2.30. The third kappa shape index (κ3) is 5.11. The summed E-state index contributed by atoms with van der Waals surface area (Å²) in [6.45, 7) is 3.33. The summed E-state index contributed by atoms with van der Waals surface area (Å²) in [4.78, 5) is 2.23. The van der Waals surface area contributed by atoms with Gasteiger partial charge in [0.15, 0.2) is 0 Å². The molecule has 96 valence electrons. The fraction of sp³-hybridized carbons (Fsp3) is 0.571. The van der Waals surface area contributed by atoms with E-state index < -0.39 is 0 Å². The lowest BCUT2D eigenvalue weighted by Gasteiger charge is -2.19. The Morgan fingerprint density at radius 1 is 1.29 bits per heavy atom. The summed E-state index contributed by atoms with van der Waals surface area (Å²) < 4.78 is 0. The van der Waals surface area contributed by atoms with Gasteiger partial charge in [0.1, 0.15) is 0 Å².